The molecule has 0 saturated carbocycles. The van der Waals surface area contributed by atoms with Crippen LogP contribution in [0, 0.1) is 0 Å². The molecular formula is C32H50O5S. The summed E-state index contributed by atoms with van der Waals surface area (Å²) in [4.78, 5) is 0. The smallest absolute Gasteiger partial charge is 0.264 e. The summed E-state index contributed by atoms with van der Waals surface area (Å²) < 4.78 is 42.8. The zero-order chi connectivity index (χ0) is 27.3. The first-order valence-corrected chi connectivity index (χ1v) is 16.5. The van der Waals surface area contributed by atoms with Gasteiger partial charge in [0.2, 0.25) is 0 Å². The van der Waals surface area contributed by atoms with E-state index in [1.807, 2.05) is 36.4 Å². The van der Waals surface area contributed by atoms with Crippen molar-refractivity contribution in [3.05, 3.63) is 48.5 Å². The summed E-state index contributed by atoms with van der Waals surface area (Å²) in [5, 5.41) is 0. The van der Waals surface area contributed by atoms with Gasteiger partial charge >= 0.3 is 0 Å². The molecule has 0 radical (unpaired) electrons. The normalized spacial score (nSPS) is 11.5. The molecule has 0 spiro atoms. The Labute approximate surface area is 232 Å². The summed E-state index contributed by atoms with van der Waals surface area (Å²) in [7, 11) is -3.82. The molecule has 0 fully saturated rings. The molecule has 0 aliphatic rings. The summed E-state index contributed by atoms with van der Waals surface area (Å²) in [5.74, 6) is 1.62. The van der Waals surface area contributed by atoms with E-state index in [2.05, 4.69) is 19.1 Å². The number of benzene rings is 2. The summed E-state index contributed by atoms with van der Waals surface area (Å²) in [5.41, 5.74) is 2.14. The largest absolute Gasteiger partial charge is 0.493 e. The zero-order valence-electron chi connectivity index (χ0n) is 23.5. The van der Waals surface area contributed by atoms with Crippen LogP contribution < -0.4 is 9.47 Å². The van der Waals surface area contributed by atoms with E-state index in [4.69, 9.17) is 14.0 Å². The van der Waals surface area contributed by atoms with Gasteiger partial charge < -0.3 is 9.47 Å². The van der Waals surface area contributed by atoms with Crippen LogP contribution >= 0.6 is 0 Å². The predicted octanol–water partition coefficient (Wildman–Crippen LogP) is 9.26. The van der Waals surface area contributed by atoms with E-state index in [9.17, 15) is 8.42 Å². The van der Waals surface area contributed by atoms with Crippen LogP contribution in [0.1, 0.15) is 110 Å². The summed E-state index contributed by atoms with van der Waals surface area (Å²) >= 11 is 0. The van der Waals surface area contributed by atoms with E-state index in [0.717, 1.165) is 74.2 Å². The first-order valence-electron chi connectivity index (χ1n) is 14.9. The molecule has 5 nitrogen and oxygen atoms in total. The number of rotatable bonds is 23. The Morgan fingerprint density at radius 3 is 1.50 bits per heavy atom. The quantitative estimate of drug-likeness (QED) is 0.111. The SMILES string of the molecule is CCCCCCCCCCCOc1cccc(OCCCCCCCCCS(=O)(=O)O)c1-c1ccccc1. The molecule has 214 valence electrons. The fourth-order valence-electron chi connectivity index (χ4n) is 4.69. The van der Waals surface area contributed by atoms with E-state index in [0.29, 0.717) is 13.0 Å². The molecule has 0 bridgehead atoms. The lowest BCUT2D eigenvalue weighted by molar-refractivity contribution is 0.292. The van der Waals surface area contributed by atoms with E-state index in [1.165, 1.54) is 51.4 Å². The Hall–Kier alpha value is -2.05. The van der Waals surface area contributed by atoms with Crippen LogP contribution in [0.4, 0.5) is 0 Å². The lowest BCUT2D eigenvalue weighted by Crippen LogP contribution is -2.03. The Morgan fingerprint density at radius 1 is 0.579 bits per heavy atom. The summed E-state index contributed by atoms with van der Waals surface area (Å²) in [6, 6.07) is 16.4. The standard InChI is InChI=1S/C32H50O5S/c1-2-3-4-5-6-7-9-12-18-26-36-30-24-21-25-31(32(30)29-22-16-15-17-23-29)37-27-19-13-10-8-11-14-20-28-38(33,34)35/h15-17,21-25H,2-14,18-20,26-28H2,1H3,(H,33,34,35). The molecular weight excluding hydrogens is 496 g/mol. The van der Waals surface area contributed by atoms with E-state index in [-0.39, 0.29) is 5.75 Å². The highest BCUT2D eigenvalue weighted by Crippen LogP contribution is 2.38. The third-order valence-electron chi connectivity index (χ3n) is 6.86. The summed E-state index contributed by atoms with van der Waals surface area (Å²) in [6.07, 6.45) is 18.3. The van der Waals surface area contributed by atoms with Gasteiger partial charge in [0.25, 0.3) is 10.1 Å². The number of hydrogen-bond donors (Lipinski definition) is 1. The van der Waals surface area contributed by atoms with Crippen molar-refractivity contribution < 1.29 is 22.4 Å². The fourth-order valence-corrected chi connectivity index (χ4v) is 5.26. The van der Waals surface area contributed by atoms with Gasteiger partial charge in [-0.2, -0.15) is 8.42 Å². The molecule has 0 saturated heterocycles. The average Bonchev–Trinajstić information content (AvgIpc) is 2.90. The van der Waals surface area contributed by atoms with Crippen LogP contribution in [0.25, 0.3) is 11.1 Å². The number of unbranched alkanes of at least 4 members (excludes halogenated alkanes) is 14. The Kier molecular flexibility index (Phi) is 16.9. The maximum Gasteiger partial charge on any atom is 0.264 e. The Morgan fingerprint density at radius 2 is 1.03 bits per heavy atom. The highest BCUT2D eigenvalue weighted by atomic mass is 32.2. The molecule has 2 rings (SSSR count). The average molecular weight is 547 g/mol. The van der Waals surface area contributed by atoms with Gasteiger partial charge in [-0.3, -0.25) is 4.55 Å². The fraction of sp³-hybridized carbons (Fsp3) is 0.625. The Bertz CT molecular complexity index is 959. The van der Waals surface area contributed by atoms with Gasteiger partial charge in [-0.05, 0) is 37.0 Å². The first kappa shape index (κ1) is 32.2. The second-order valence-electron chi connectivity index (χ2n) is 10.3. The Balaban J connectivity index is 1.74. The third-order valence-corrected chi connectivity index (χ3v) is 7.66. The van der Waals surface area contributed by atoms with Crippen molar-refractivity contribution in [2.45, 2.75) is 110 Å². The van der Waals surface area contributed by atoms with Gasteiger partial charge in [0.15, 0.2) is 0 Å². The van der Waals surface area contributed by atoms with Gasteiger partial charge in [0, 0.05) is 0 Å². The maximum absolute atomic E-state index is 10.8. The van der Waals surface area contributed by atoms with Crippen molar-refractivity contribution in [3.8, 4) is 22.6 Å². The maximum atomic E-state index is 10.8. The van der Waals surface area contributed by atoms with Crippen molar-refractivity contribution in [2.75, 3.05) is 19.0 Å². The van der Waals surface area contributed by atoms with Crippen LogP contribution in [0.5, 0.6) is 11.5 Å². The monoisotopic (exact) mass is 546 g/mol. The predicted molar refractivity (Wildman–Crippen MR) is 159 cm³/mol. The molecule has 0 heterocycles. The molecule has 0 unspecified atom stereocenters. The number of ether oxygens (including phenoxy) is 2. The van der Waals surface area contributed by atoms with Crippen LogP contribution in [-0.4, -0.2) is 31.9 Å². The van der Waals surface area contributed by atoms with E-state index >= 15 is 0 Å². The molecule has 0 atom stereocenters. The molecule has 0 aliphatic heterocycles. The van der Waals surface area contributed by atoms with Crippen LogP contribution in [-0.2, 0) is 10.1 Å². The lowest BCUT2D eigenvalue weighted by Gasteiger charge is -2.17. The van der Waals surface area contributed by atoms with Crippen molar-refractivity contribution in [2.24, 2.45) is 0 Å². The molecule has 38 heavy (non-hydrogen) atoms. The second-order valence-corrected chi connectivity index (χ2v) is 11.9. The van der Waals surface area contributed by atoms with Gasteiger partial charge in [0.05, 0.1) is 24.5 Å². The van der Waals surface area contributed by atoms with Crippen molar-refractivity contribution in [1.29, 1.82) is 0 Å². The third kappa shape index (κ3) is 14.8. The van der Waals surface area contributed by atoms with E-state index in [1.54, 1.807) is 0 Å². The molecule has 0 amide bonds. The molecule has 2 aromatic carbocycles. The van der Waals surface area contributed by atoms with Gasteiger partial charge in [-0.25, -0.2) is 0 Å². The minimum atomic E-state index is -3.82. The first-order chi connectivity index (χ1) is 18.5. The molecule has 6 heteroatoms. The van der Waals surface area contributed by atoms with Gasteiger partial charge in [-0.15, -0.1) is 0 Å². The van der Waals surface area contributed by atoms with Crippen molar-refractivity contribution in [1.82, 2.24) is 0 Å². The van der Waals surface area contributed by atoms with Crippen LogP contribution in [0.3, 0.4) is 0 Å². The molecule has 0 aromatic heterocycles. The molecule has 0 aliphatic carbocycles. The summed E-state index contributed by atoms with van der Waals surface area (Å²) in [6.45, 7) is 3.65. The van der Waals surface area contributed by atoms with Gasteiger partial charge in [0.1, 0.15) is 11.5 Å². The highest BCUT2D eigenvalue weighted by Gasteiger charge is 2.13. The van der Waals surface area contributed by atoms with Gasteiger partial charge in [-0.1, -0.05) is 127 Å². The van der Waals surface area contributed by atoms with Crippen LogP contribution in [0.2, 0.25) is 0 Å². The molecule has 2 aromatic rings. The second kappa shape index (κ2) is 19.9. The van der Waals surface area contributed by atoms with Crippen molar-refractivity contribution >= 4 is 10.1 Å². The minimum Gasteiger partial charge on any atom is -0.493 e. The zero-order valence-corrected chi connectivity index (χ0v) is 24.4. The topological polar surface area (TPSA) is 72.8 Å². The van der Waals surface area contributed by atoms with Crippen molar-refractivity contribution in [3.63, 3.8) is 0 Å². The van der Waals surface area contributed by atoms with E-state index < -0.39 is 10.1 Å². The minimum absolute atomic E-state index is 0.132. The lowest BCUT2D eigenvalue weighted by atomic mass is 10.0. The number of hydrogen-bond acceptors (Lipinski definition) is 4. The van der Waals surface area contributed by atoms with Crippen LogP contribution in [0.15, 0.2) is 48.5 Å². The molecule has 1 N–H and O–H groups in total. The highest BCUT2D eigenvalue weighted by molar-refractivity contribution is 7.85.